The molecule has 1 amide bonds. The number of amides is 1. The standard InChI is InChI=1S/C19H25N3O3S/c1-16(17-10-6-4-7-11-17)14-20-19(23)15-22(26(24,25)21(2)3)18-12-8-5-9-13-18/h4-13,16H,14-15H2,1-3H3,(H,20,23). The minimum absolute atomic E-state index is 0.135. The molecular weight excluding hydrogens is 350 g/mol. The van der Waals surface area contributed by atoms with Crippen molar-refractivity contribution in [3.63, 3.8) is 0 Å². The van der Waals surface area contributed by atoms with Gasteiger partial charge in [0.05, 0.1) is 5.69 Å². The first-order valence-electron chi connectivity index (χ1n) is 8.39. The Kier molecular flexibility index (Phi) is 6.76. The van der Waals surface area contributed by atoms with E-state index >= 15 is 0 Å². The zero-order valence-electron chi connectivity index (χ0n) is 15.3. The van der Waals surface area contributed by atoms with Gasteiger partial charge in [-0.2, -0.15) is 12.7 Å². The second-order valence-electron chi connectivity index (χ2n) is 6.25. The highest BCUT2D eigenvalue weighted by Gasteiger charge is 2.27. The van der Waals surface area contributed by atoms with Crippen LogP contribution in [-0.2, 0) is 15.0 Å². The predicted octanol–water partition coefficient (Wildman–Crippen LogP) is 2.22. The molecule has 0 bridgehead atoms. The third kappa shape index (κ3) is 5.06. The van der Waals surface area contributed by atoms with Crippen molar-refractivity contribution in [2.24, 2.45) is 0 Å². The van der Waals surface area contributed by atoms with Gasteiger partial charge in [0.2, 0.25) is 5.91 Å². The largest absolute Gasteiger partial charge is 0.354 e. The molecule has 0 saturated heterocycles. The van der Waals surface area contributed by atoms with E-state index in [9.17, 15) is 13.2 Å². The molecule has 0 spiro atoms. The van der Waals surface area contributed by atoms with E-state index in [-0.39, 0.29) is 18.4 Å². The number of para-hydroxylation sites is 1. The second-order valence-corrected chi connectivity index (χ2v) is 8.31. The van der Waals surface area contributed by atoms with Gasteiger partial charge in [0.25, 0.3) is 0 Å². The van der Waals surface area contributed by atoms with Gasteiger partial charge < -0.3 is 5.32 Å². The van der Waals surface area contributed by atoms with Crippen LogP contribution in [0.25, 0.3) is 0 Å². The zero-order valence-corrected chi connectivity index (χ0v) is 16.1. The average Bonchev–Trinajstić information content (AvgIpc) is 2.65. The lowest BCUT2D eigenvalue weighted by Crippen LogP contribution is -2.46. The first kappa shape index (κ1) is 19.9. The Labute approximate surface area is 155 Å². The molecule has 0 radical (unpaired) electrons. The first-order chi connectivity index (χ1) is 12.3. The number of nitrogens with zero attached hydrogens (tertiary/aromatic N) is 2. The second kappa shape index (κ2) is 8.82. The Morgan fingerprint density at radius 2 is 1.54 bits per heavy atom. The van der Waals surface area contributed by atoms with E-state index in [4.69, 9.17) is 0 Å². The number of nitrogens with one attached hydrogen (secondary N) is 1. The molecule has 0 aliphatic rings. The minimum Gasteiger partial charge on any atom is -0.354 e. The third-order valence-corrected chi connectivity index (χ3v) is 5.87. The maximum atomic E-state index is 12.6. The molecule has 0 aliphatic heterocycles. The van der Waals surface area contributed by atoms with Gasteiger partial charge in [-0.25, -0.2) is 4.31 Å². The SMILES string of the molecule is CC(CNC(=O)CN(c1ccccc1)S(=O)(=O)N(C)C)c1ccccc1. The van der Waals surface area contributed by atoms with Crippen molar-refractivity contribution in [3.8, 4) is 0 Å². The van der Waals surface area contributed by atoms with E-state index in [2.05, 4.69) is 5.32 Å². The quantitative estimate of drug-likeness (QED) is 0.769. The van der Waals surface area contributed by atoms with Crippen LogP contribution in [0.15, 0.2) is 60.7 Å². The van der Waals surface area contributed by atoms with Crippen LogP contribution in [0.2, 0.25) is 0 Å². The summed E-state index contributed by atoms with van der Waals surface area (Å²) in [6, 6.07) is 18.5. The van der Waals surface area contributed by atoms with Gasteiger partial charge >= 0.3 is 10.2 Å². The smallest absolute Gasteiger partial charge is 0.304 e. The van der Waals surface area contributed by atoms with Crippen LogP contribution in [0.4, 0.5) is 5.69 Å². The lowest BCUT2D eigenvalue weighted by atomic mass is 10.0. The first-order valence-corrected chi connectivity index (χ1v) is 9.79. The van der Waals surface area contributed by atoms with Gasteiger partial charge in [0.1, 0.15) is 6.54 Å². The van der Waals surface area contributed by atoms with Gasteiger partial charge in [0.15, 0.2) is 0 Å². The fraction of sp³-hybridized carbons (Fsp3) is 0.316. The van der Waals surface area contributed by atoms with Crippen LogP contribution in [0.5, 0.6) is 0 Å². The lowest BCUT2D eigenvalue weighted by Gasteiger charge is -2.27. The molecule has 140 valence electrons. The molecule has 0 heterocycles. The molecule has 6 nitrogen and oxygen atoms in total. The molecule has 1 N–H and O–H groups in total. The highest BCUT2D eigenvalue weighted by molar-refractivity contribution is 7.90. The summed E-state index contributed by atoms with van der Waals surface area (Å²) in [6.45, 7) is 2.18. The van der Waals surface area contributed by atoms with Crippen molar-refractivity contribution < 1.29 is 13.2 Å². The Bertz CT molecular complexity index is 808. The van der Waals surface area contributed by atoms with Crippen LogP contribution in [0, 0.1) is 0 Å². The summed E-state index contributed by atoms with van der Waals surface area (Å²) in [5.41, 5.74) is 1.57. The molecule has 2 rings (SSSR count). The number of rotatable bonds is 8. The lowest BCUT2D eigenvalue weighted by molar-refractivity contribution is -0.119. The van der Waals surface area contributed by atoms with Crippen LogP contribution in [0.1, 0.15) is 18.4 Å². The third-order valence-electron chi connectivity index (χ3n) is 4.05. The molecule has 1 atom stereocenters. The number of benzene rings is 2. The Balaban J connectivity index is 2.07. The molecule has 1 unspecified atom stereocenters. The van der Waals surface area contributed by atoms with Crippen LogP contribution in [0.3, 0.4) is 0 Å². The fourth-order valence-corrected chi connectivity index (χ4v) is 3.51. The number of carbonyl (C=O) groups is 1. The van der Waals surface area contributed by atoms with E-state index in [0.717, 1.165) is 14.2 Å². The minimum atomic E-state index is -3.77. The maximum Gasteiger partial charge on any atom is 0.304 e. The zero-order chi connectivity index (χ0) is 19.2. The number of hydrogen-bond acceptors (Lipinski definition) is 3. The van der Waals surface area contributed by atoms with E-state index < -0.39 is 10.2 Å². The molecular formula is C19H25N3O3S. The molecule has 0 fully saturated rings. The number of anilines is 1. The number of carbonyl (C=O) groups excluding carboxylic acids is 1. The van der Waals surface area contributed by atoms with Crippen LogP contribution in [-0.4, -0.2) is 45.8 Å². The summed E-state index contributed by atoms with van der Waals surface area (Å²) in [7, 11) is -0.882. The summed E-state index contributed by atoms with van der Waals surface area (Å²) in [4.78, 5) is 12.4. The fourth-order valence-electron chi connectivity index (χ4n) is 2.45. The maximum absolute atomic E-state index is 12.6. The van der Waals surface area contributed by atoms with Gasteiger partial charge in [0, 0.05) is 20.6 Å². The highest BCUT2D eigenvalue weighted by Crippen LogP contribution is 2.19. The Hall–Kier alpha value is -2.38. The molecule has 26 heavy (non-hydrogen) atoms. The van der Waals surface area contributed by atoms with E-state index in [1.54, 1.807) is 30.3 Å². The van der Waals surface area contributed by atoms with Crippen molar-refractivity contribution in [2.45, 2.75) is 12.8 Å². The highest BCUT2D eigenvalue weighted by atomic mass is 32.2. The summed E-state index contributed by atoms with van der Waals surface area (Å²) < 4.78 is 27.4. The normalized spacial score (nSPS) is 12.6. The van der Waals surface area contributed by atoms with Gasteiger partial charge in [-0.1, -0.05) is 55.5 Å². The number of hydrogen-bond donors (Lipinski definition) is 1. The van der Waals surface area contributed by atoms with E-state index in [0.29, 0.717) is 12.2 Å². The summed E-state index contributed by atoms with van der Waals surface area (Å²) >= 11 is 0. The monoisotopic (exact) mass is 375 g/mol. The summed E-state index contributed by atoms with van der Waals surface area (Å²) in [5.74, 6) is -0.210. The van der Waals surface area contributed by atoms with Gasteiger partial charge in [-0.15, -0.1) is 0 Å². The van der Waals surface area contributed by atoms with E-state index in [1.807, 2.05) is 37.3 Å². The van der Waals surface area contributed by atoms with Crippen molar-refractivity contribution in [3.05, 3.63) is 66.2 Å². The van der Waals surface area contributed by atoms with Gasteiger partial charge in [-0.3, -0.25) is 4.79 Å². The van der Waals surface area contributed by atoms with Crippen molar-refractivity contribution in [1.29, 1.82) is 0 Å². The van der Waals surface area contributed by atoms with Crippen LogP contribution >= 0.6 is 0 Å². The van der Waals surface area contributed by atoms with Crippen molar-refractivity contribution in [1.82, 2.24) is 9.62 Å². The molecule has 0 aromatic heterocycles. The summed E-state index contributed by atoms with van der Waals surface area (Å²) in [5, 5.41) is 2.83. The van der Waals surface area contributed by atoms with Crippen molar-refractivity contribution in [2.75, 3.05) is 31.5 Å². The Morgan fingerprint density at radius 1 is 1.00 bits per heavy atom. The molecule has 0 saturated carbocycles. The molecule has 7 heteroatoms. The van der Waals surface area contributed by atoms with Crippen LogP contribution < -0.4 is 9.62 Å². The molecule has 2 aromatic carbocycles. The predicted molar refractivity (Wildman–Crippen MR) is 104 cm³/mol. The van der Waals surface area contributed by atoms with E-state index in [1.165, 1.54) is 14.1 Å². The average molecular weight is 375 g/mol. The topological polar surface area (TPSA) is 69.7 Å². The summed E-state index contributed by atoms with van der Waals surface area (Å²) in [6.07, 6.45) is 0. The molecule has 0 aliphatic carbocycles. The molecule has 2 aromatic rings. The van der Waals surface area contributed by atoms with Crippen molar-refractivity contribution >= 4 is 21.8 Å². The Morgan fingerprint density at radius 3 is 2.08 bits per heavy atom. The van der Waals surface area contributed by atoms with Gasteiger partial charge in [-0.05, 0) is 23.6 Å².